The summed E-state index contributed by atoms with van der Waals surface area (Å²) >= 11 is 1.94. The van der Waals surface area contributed by atoms with Crippen LogP contribution in [0.25, 0.3) is 0 Å². The van der Waals surface area contributed by atoms with Crippen LogP contribution >= 0.6 is 11.8 Å². The fraction of sp³-hybridized carbons (Fsp3) is 0.750. The zero-order chi connectivity index (χ0) is 7.66. The van der Waals surface area contributed by atoms with E-state index < -0.39 is 0 Å². The second kappa shape index (κ2) is 8.87. The van der Waals surface area contributed by atoms with E-state index in [1.165, 1.54) is 11.5 Å². The molecule has 0 atom stereocenters. The van der Waals surface area contributed by atoms with E-state index in [1.807, 2.05) is 11.8 Å². The highest BCUT2D eigenvalue weighted by Gasteiger charge is 1.86. The van der Waals surface area contributed by atoms with Crippen molar-refractivity contribution < 1.29 is 0 Å². The number of rotatable bonds is 6. The fourth-order valence-electron chi connectivity index (χ4n) is 0.564. The third-order valence-corrected chi connectivity index (χ3v) is 2.26. The molecular weight excluding hydrogens is 142 g/mol. The summed E-state index contributed by atoms with van der Waals surface area (Å²) in [6.07, 6.45) is 8.27. The summed E-state index contributed by atoms with van der Waals surface area (Å²) < 4.78 is 0. The van der Waals surface area contributed by atoms with Gasteiger partial charge in [0, 0.05) is 6.42 Å². The monoisotopic (exact) mass is 157 g/mol. The SMILES string of the molecule is C#CCCCSCCCN. The van der Waals surface area contributed by atoms with Gasteiger partial charge in [-0.05, 0) is 30.9 Å². The standard InChI is InChI=1S/C8H15NS/c1-2-3-4-7-10-8-5-6-9/h1H,3-9H2. The Morgan fingerprint density at radius 2 is 2.00 bits per heavy atom. The average molecular weight is 157 g/mol. The lowest BCUT2D eigenvalue weighted by molar-refractivity contribution is 0.937. The van der Waals surface area contributed by atoms with E-state index in [4.69, 9.17) is 12.2 Å². The van der Waals surface area contributed by atoms with Crippen molar-refractivity contribution in [3.63, 3.8) is 0 Å². The van der Waals surface area contributed by atoms with Crippen LogP contribution in [-0.4, -0.2) is 18.1 Å². The van der Waals surface area contributed by atoms with Gasteiger partial charge in [-0.25, -0.2) is 0 Å². The van der Waals surface area contributed by atoms with E-state index in [1.54, 1.807) is 0 Å². The first kappa shape index (κ1) is 9.87. The molecule has 0 aromatic rings. The molecule has 0 amide bonds. The Hall–Kier alpha value is -0.130. The molecule has 0 aliphatic carbocycles. The van der Waals surface area contributed by atoms with Crippen LogP contribution in [-0.2, 0) is 0 Å². The summed E-state index contributed by atoms with van der Waals surface area (Å²) in [5.41, 5.74) is 5.32. The highest BCUT2D eigenvalue weighted by molar-refractivity contribution is 7.99. The lowest BCUT2D eigenvalue weighted by Gasteiger charge is -1.96. The van der Waals surface area contributed by atoms with Crippen LogP contribution in [0.5, 0.6) is 0 Å². The zero-order valence-corrected chi connectivity index (χ0v) is 7.12. The van der Waals surface area contributed by atoms with Crippen LogP contribution < -0.4 is 5.73 Å². The number of nitrogens with two attached hydrogens (primary N) is 1. The van der Waals surface area contributed by atoms with Gasteiger partial charge in [0.2, 0.25) is 0 Å². The van der Waals surface area contributed by atoms with E-state index in [2.05, 4.69) is 5.92 Å². The van der Waals surface area contributed by atoms with Gasteiger partial charge in [0.25, 0.3) is 0 Å². The largest absolute Gasteiger partial charge is 0.330 e. The molecule has 0 radical (unpaired) electrons. The van der Waals surface area contributed by atoms with Crippen molar-refractivity contribution >= 4 is 11.8 Å². The van der Waals surface area contributed by atoms with Crippen molar-refractivity contribution in [2.45, 2.75) is 19.3 Å². The van der Waals surface area contributed by atoms with Gasteiger partial charge in [-0.3, -0.25) is 0 Å². The predicted octanol–water partition coefficient (Wildman–Crippen LogP) is 1.48. The van der Waals surface area contributed by atoms with E-state index >= 15 is 0 Å². The zero-order valence-electron chi connectivity index (χ0n) is 6.31. The summed E-state index contributed by atoms with van der Waals surface area (Å²) in [6.45, 7) is 0.808. The first-order valence-corrected chi connectivity index (χ1v) is 4.78. The fourth-order valence-corrected chi connectivity index (χ4v) is 1.49. The van der Waals surface area contributed by atoms with Gasteiger partial charge in [0.1, 0.15) is 0 Å². The number of hydrogen-bond donors (Lipinski definition) is 1. The summed E-state index contributed by atoms with van der Waals surface area (Å²) in [7, 11) is 0. The molecule has 2 N–H and O–H groups in total. The summed E-state index contributed by atoms with van der Waals surface area (Å²) in [4.78, 5) is 0. The lowest BCUT2D eigenvalue weighted by Crippen LogP contribution is -1.99. The molecule has 0 aliphatic rings. The molecule has 0 aromatic heterocycles. The van der Waals surface area contributed by atoms with Crippen molar-refractivity contribution in [3.05, 3.63) is 0 Å². The molecule has 0 aliphatic heterocycles. The smallest absolute Gasteiger partial charge is 0.00939 e. The van der Waals surface area contributed by atoms with Crippen LogP contribution in [0.3, 0.4) is 0 Å². The average Bonchev–Trinajstić information content (AvgIpc) is 1.97. The molecule has 0 rings (SSSR count). The lowest BCUT2D eigenvalue weighted by atomic mass is 10.4. The molecule has 0 unspecified atom stereocenters. The molecule has 1 nitrogen and oxygen atoms in total. The van der Waals surface area contributed by atoms with Crippen molar-refractivity contribution in [2.75, 3.05) is 18.1 Å². The molecule has 0 saturated carbocycles. The molecule has 58 valence electrons. The van der Waals surface area contributed by atoms with Gasteiger partial charge < -0.3 is 5.73 Å². The molecule has 0 spiro atoms. The molecule has 0 heterocycles. The first-order valence-electron chi connectivity index (χ1n) is 3.63. The quantitative estimate of drug-likeness (QED) is 0.467. The Bertz CT molecular complexity index is 95.9. The number of terminal acetylenes is 1. The summed E-state index contributed by atoms with van der Waals surface area (Å²) in [6, 6.07) is 0. The van der Waals surface area contributed by atoms with E-state index in [0.717, 1.165) is 25.8 Å². The molecule has 2 heteroatoms. The maximum Gasteiger partial charge on any atom is 0.00939 e. The maximum absolute atomic E-state index is 5.32. The Morgan fingerprint density at radius 3 is 2.60 bits per heavy atom. The third kappa shape index (κ3) is 7.87. The van der Waals surface area contributed by atoms with Crippen LogP contribution in [0, 0.1) is 12.3 Å². The van der Waals surface area contributed by atoms with Gasteiger partial charge >= 0.3 is 0 Å². The van der Waals surface area contributed by atoms with Gasteiger partial charge in [-0.15, -0.1) is 12.3 Å². The molecule has 10 heavy (non-hydrogen) atoms. The Labute approximate surface area is 67.8 Å². The minimum atomic E-state index is 0.808. The van der Waals surface area contributed by atoms with Gasteiger partial charge in [-0.1, -0.05) is 0 Å². The van der Waals surface area contributed by atoms with Crippen LogP contribution in [0.15, 0.2) is 0 Å². The number of unbranched alkanes of at least 4 members (excludes halogenated alkanes) is 1. The topological polar surface area (TPSA) is 26.0 Å². The molecule has 0 fully saturated rings. The predicted molar refractivity (Wildman–Crippen MR) is 49.1 cm³/mol. The molecular formula is C8H15NS. The Morgan fingerprint density at radius 1 is 1.30 bits per heavy atom. The highest BCUT2D eigenvalue weighted by atomic mass is 32.2. The second-order valence-electron chi connectivity index (χ2n) is 2.06. The van der Waals surface area contributed by atoms with Crippen LogP contribution in [0.1, 0.15) is 19.3 Å². The van der Waals surface area contributed by atoms with Crippen molar-refractivity contribution in [2.24, 2.45) is 5.73 Å². The minimum Gasteiger partial charge on any atom is -0.330 e. The summed E-state index contributed by atoms with van der Waals surface area (Å²) in [5, 5.41) is 0. The van der Waals surface area contributed by atoms with E-state index in [0.29, 0.717) is 0 Å². The van der Waals surface area contributed by atoms with Crippen LogP contribution in [0.2, 0.25) is 0 Å². The first-order chi connectivity index (χ1) is 4.91. The van der Waals surface area contributed by atoms with E-state index in [9.17, 15) is 0 Å². The van der Waals surface area contributed by atoms with Crippen molar-refractivity contribution in [1.82, 2.24) is 0 Å². The minimum absolute atomic E-state index is 0.808. The maximum atomic E-state index is 5.32. The molecule has 0 saturated heterocycles. The van der Waals surface area contributed by atoms with Crippen molar-refractivity contribution in [3.8, 4) is 12.3 Å². The third-order valence-electron chi connectivity index (χ3n) is 1.10. The van der Waals surface area contributed by atoms with Gasteiger partial charge in [0.05, 0.1) is 0 Å². The van der Waals surface area contributed by atoms with E-state index in [-0.39, 0.29) is 0 Å². The molecule has 0 aromatic carbocycles. The number of thioether (sulfide) groups is 1. The Balaban J connectivity index is 2.72. The summed E-state index contributed by atoms with van der Waals surface area (Å²) in [5.74, 6) is 4.99. The number of hydrogen-bond acceptors (Lipinski definition) is 2. The van der Waals surface area contributed by atoms with Gasteiger partial charge in [0.15, 0.2) is 0 Å². The normalized spacial score (nSPS) is 9.20. The Kier molecular flexibility index (Phi) is 8.75. The van der Waals surface area contributed by atoms with Gasteiger partial charge in [-0.2, -0.15) is 11.8 Å². The van der Waals surface area contributed by atoms with Crippen molar-refractivity contribution in [1.29, 1.82) is 0 Å². The van der Waals surface area contributed by atoms with Crippen LogP contribution in [0.4, 0.5) is 0 Å². The molecule has 0 bridgehead atoms. The second-order valence-corrected chi connectivity index (χ2v) is 3.29. The highest BCUT2D eigenvalue weighted by Crippen LogP contribution is 2.04.